The van der Waals surface area contributed by atoms with Crippen LogP contribution in [0.1, 0.15) is 34.1 Å². The molecule has 1 nitrogen and oxygen atoms in total. The van der Waals surface area contributed by atoms with Gasteiger partial charge in [-0.1, -0.05) is 36.7 Å². The van der Waals surface area contributed by atoms with Crippen LogP contribution in [-0.4, -0.2) is 29.4 Å². The van der Waals surface area contributed by atoms with Gasteiger partial charge in [0.25, 0.3) is 0 Å². The summed E-state index contributed by atoms with van der Waals surface area (Å²) in [5.41, 5.74) is 0. The molecule has 2 atom stereocenters. The van der Waals surface area contributed by atoms with E-state index < -0.39 is 0 Å². The summed E-state index contributed by atoms with van der Waals surface area (Å²) in [6.45, 7) is 11.5. The van der Waals surface area contributed by atoms with Crippen molar-refractivity contribution in [3.8, 4) is 0 Å². The van der Waals surface area contributed by atoms with Crippen LogP contribution in [0, 0.1) is 5.92 Å². The molecule has 0 spiro atoms. The highest BCUT2D eigenvalue weighted by molar-refractivity contribution is 9.09. The van der Waals surface area contributed by atoms with Crippen LogP contribution in [0.5, 0.6) is 0 Å². The molecule has 2 unspecified atom stereocenters. The van der Waals surface area contributed by atoms with Crippen LogP contribution in [0.2, 0.25) is 0 Å². The third-order valence-electron chi connectivity index (χ3n) is 2.43. The summed E-state index contributed by atoms with van der Waals surface area (Å²) in [6, 6.07) is 0.733. The molecule has 0 bridgehead atoms. The number of hydrogen-bond donors (Lipinski definition) is 0. The molecule has 0 aromatic carbocycles. The summed E-state index contributed by atoms with van der Waals surface area (Å²) < 4.78 is 0. The zero-order chi connectivity index (χ0) is 9.56. The maximum absolute atomic E-state index is 3.52. The van der Waals surface area contributed by atoms with E-state index in [1.54, 1.807) is 0 Å². The number of rotatable bonds is 6. The van der Waals surface area contributed by atoms with Crippen LogP contribution in [0.4, 0.5) is 0 Å². The van der Waals surface area contributed by atoms with Gasteiger partial charge in [0, 0.05) is 17.9 Å². The third-order valence-corrected chi connectivity index (χ3v) is 3.54. The van der Waals surface area contributed by atoms with Crippen molar-refractivity contribution in [1.29, 1.82) is 0 Å². The second-order valence-electron chi connectivity index (χ2n) is 3.60. The second kappa shape index (κ2) is 6.90. The summed E-state index contributed by atoms with van der Waals surface area (Å²) in [5.74, 6) is 0.763. The average molecular weight is 236 g/mol. The van der Waals surface area contributed by atoms with Crippen molar-refractivity contribution in [2.24, 2.45) is 5.92 Å². The maximum Gasteiger partial charge on any atom is 0.00692 e. The molecule has 2 heteroatoms. The Hall–Kier alpha value is 0.440. The fraction of sp³-hybridized carbons (Fsp3) is 1.00. The van der Waals surface area contributed by atoms with Crippen LogP contribution >= 0.6 is 15.9 Å². The molecule has 0 aliphatic carbocycles. The number of nitrogens with zero attached hydrogens (tertiary/aromatic N) is 1. The Morgan fingerprint density at radius 2 is 1.83 bits per heavy atom. The molecule has 74 valence electrons. The van der Waals surface area contributed by atoms with Crippen molar-refractivity contribution < 1.29 is 0 Å². The first-order valence-electron chi connectivity index (χ1n) is 4.95. The van der Waals surface area contributed by atoms with Crippen LogP contribution < -0.4 is 0 Å². The lowest BCUT2D eigenvalue weighted by molar-refractivity contribution is 0.193. The van der Waals surface area contributed by atoms with E-state index in [9.17, 15) is 0 Å². The second-order valence-corrected chi connectivity index (χ2v) is 4.25. The molecule has 0 rings (SSSR count). The van der Waals surface area contributed by atoms with Crippen LogP contribution in [-0.2, 0) is 0 Å². The quantitative estimate of drug-likeness (QED) is 0.640. The Morgan fingerprint density at radius 1 is 1.25 bits per heavy atom. The van der Waals surface area contributed by atoms with Gasteiger partial charge in [0.15, 0.2) is 0 Å². The minimum absolute atomic E-state index is 0.733. The molecule has 0 saturated heterocycles. The molecule has 0 aliphatic heterocycles. The fourth-order valence-electron chi connectivity index (χ4n) is 1.33. The van der Waals surface area contributed by atoms with Crippen LogP contribution in [0.15, 0.2) is 0 Å². The third kappa shape index (κ3) is 4.46. The van der Waals surface area contributed by atoms with E-state index in [-0.39, 0.29) is 0 Å². The van der Waals surface area contributed by atoms with E-state index in [0.717, 1.165) is 17.3 Å². The summed E-state index contributed by atoms with van der Waals surface area (Å²) in [7, 11) is 0. The Labute approximate surface area is 85.7 Å². The first-order chi connectivity index (χ1) is 5.65. The van der Waals surface area contributed by atoms with Crippen molar-refractivity contribution in [3.05, 3.63) is 0 Å². The van der Waals surface area contributed by atoms with E-state index in [0.29, 0.717) is 0 Å². The fourth-order valence-corrected chi connectivity index (χ4v) is 1.53. The van der Waals surface area contributed by atoms with Gasteiger partial charge in [-0.15, -0.1) is 0 Å². The summed E-state index contributed by atoms with van der Waals surface area (Å²) in [6.07, 6.45) is 1.25. The highest BCUT2D eigenvalue weighted by Crippen LogP contribution is 2.08. The van der Waals surface area contributed by atoms with Gasteiger partial charge in [0.1, 0.15) is 0 Å². The summed E-state index contributed by atoms with van der Waals surface area (Å²) in [5, 5.41) is 1.11. The Bertz CT molecular complexity index is 106. The molecule has 0 aromatic rings. The van der Waals surface area contributed by atoms with Gasteiger partial charge in [-0.3, -0.25) is 0 Å². The molecule has 0 fully saturated rings. The van der Waals surface area contributed by atoms with E-state index in [1.807, 2.05) is 0 Å². The predicted molar refractivity (Wildman–Crippen MR) is 60.0 cm³/mol. The lowest BCUT2D eigenvalue weighted by atomic mass is 10.1. The molecule has 0 aliphatic rings. The SMILES string of the molecule is CCC(C)N(CC)CC(C)CBr. The first kappa shape index (κ1) is 12.4. The lowest BCUT2D eigenvalue weighted by Gasteiger charge is -2.29. The van der Waals surface area contributed by atoms with Crippen molar-refractivity contribution in [3.63, 3.8) is 0 Å². The summed E-state index contributed by atoms with van der Waals surface area (Å²) in [4.78, 5) is 2.55. The Balaban J connectivity index is 3.81. The zero-order valence-corrected chi connectivity index (χ0v) is 10.4. The maximum atomic E-state index is 3.52. The topological polar surface area (TPSA) is 3.24 Å². The van der Waals surface area contributed by atoms with Crippen molar-refractivity contribution in [2.45, 2.75) is 40.2 Å². The van der Waals surface area contributed by atoms with Gasteiger partial charge in [0.2, 0.25) is 0 Å². The van der Waals surface area contributed by atoms with Gasteiger partial charge < -0.3 is 4.90 Å². The Kier molecular flexibility index (Phi) is 7.16. The van der Waals surface area contributed by atoms with Crippen molar-refractivity contribution in [2.75, 3.05) is 18.4 Å². The predicted octanol–water partition coefficient (Wildman–Crippen LogP) is 3.14. The van der Waals surface area contributed by atoms with Crippen LogP contribution in [0.3, 0.4) is 0 Å². The Morgan fingerprint density at radius 3 is 2.17 bits per heavy atom. The minimum Gasteiger partial charge on any atom is -0.301 e. The molecule has 0 amide bonds. The molecule has 0 saturated carbocycles. The standard InChI is InChI=1S/C10H22BrN/c1-5-10(4)12(6-2)8-9(3)7-11/h9-10H,5-8H2,1-4H3. The molecular formula is C10H22BrN. The molecular weight excluding hydrogens is 214 g/mol. The van der Waals surface area contributed by atoms with Gasteiger partial charge in [-0.2, -0.15) is 0 Å². The highest BCUT2D eigenvalue weighted by Gasteiger charge is 2.12. The number of halogens is 1. The van der Waals surface area contributed by atoms with Gasteiger partial charge >= 0.3 is 0 Å². The van der Waals surface area contributed by atoms with E-state index in [1.165, 1.54) is 19.5 Å². The lowest BCUT2D eigenvalue weighted by Crippen LogP contribution is -2.36. The van der Waals surface area contributed by atoms with Gasteiger partial charge in [-0.05, 0) is 25.8 Å². The van der Waals surface area contributed by atoms with Gasteiger partial charge in [-0.25, -0.2) is 0 Å². The smallest absolute Gasteiger partial charge is 0.00692 e. The molecule has 0 aromatic heterocycles. The molecule has 12 heavy (non-hydrogen) atoms. The summed E-state index contributed by atoms with van der Waals surface area (Å²) >= 11 is 3.52. The average Bonchev–Trinajstić information content (AvgIpc) is 2.12. The van der Waals surface area contributed by atoms with Crippen molar-refractivity contribution in [1.82, 2.24) is 4.90 Å². The first-order valence-corrected chi connectivity index (χ1v) is 6.07. The van der Waals surface area contributed by atoms with Crippen LogP contribution in [0.25, 0.3) is 0 Å². The largest absolute Gasteiger partial charge is 0.301 e. The molecule has 0 N–H and O–H groups in total. The number of hydrogen-bond acceptors (Lipinski definition) is 1. The highest BCUT2D eigenvalue weighted by atomic mass is 79.9. The van der Waals surface area contributed by atoms with Crippen molar-refractivity contribution >= 4 is 15.9 Å². The van der Waals surface area contributed by atoms with E-state index >= 15 is 0 Å². The minimum atomic E-state index is 0.733. The normalized spacial score (nSPS) is 16.5. The number of alkyl halides is 1. The zero-order valence-electron chi connectivity index (χ0n) is 8.81. The molecule has 0 heterocycles. The van der Waals surface area contributed by atoms with E-state index in [4.69, 9.17) is 0 Å². The van der Waals surface area contributed by atoms with Gasteiger partial charge in [0.05, 0.1) is 0 Å². The molecule has 0 radical (unpaired) electrons. The van der Waals surface area contributed by atoms with E-state index in [2.05, 4.69) is 48.5 Å². The monoisotopic (exact) mass is 235 g/mol.